The van der Waals surface area contributed by atoms with E-state index in [1.165, 1.54) is 54.6 Å². The Morgan fingerprint density at radius 1 is 0.690 bits per heavy atom. The summed E-state index contributed by atoms with van der Waals surface area (Å²) in [6.45, 7) is 0. The molecule has 5 N–H and O–H groups in total. The first-order chi connectivity index (χ1) is 13.7. The van der Waals surface area contributed by atoms with Gasteiger partial charge in [-0.1, -0.05) is 24.3 Å². The fourth-order valence-corrected chi connectivity index (χ4v) is 2.26. The van der Waals surface area contributed by atoms with Crippen LogP contribution in [0.1, 0.15) is 31.8 Å². The molecule has 0 spiro atoms. The number of aromatic carboxylic acids is 2. The number of ketones is 1. The van der Waals surface area contributed by atoms with Crippen LogP contribution < -0.4 is 0 Å². The molecule has 8 nitrogen and oxygen atoms in total. The van der Waals surface area contributed by atoms with Gasteiger partial charge in [0.25, 0.3) is 0 Å². The largest absolute Gasteiger partial charge is 0.508 e. The van der Waals surface area contributed by atoms with Crippen molar-refractivity contribution in [2.24, 2.45) is 0 Å². The van der Waals surface area contributed by atoms with E-state index in [2.05, 4.69) is 0 Å². The number of carbonyl (C=O) groups is 3. The molecule has 0 aromatic heterocycles. The van der Waals surface area contributed by atoms with E-state index < -0.39 is 35.0 Å². The Morgan fingerprint density at radius 3 is 1.59 bits per heavy atom. The summed E-state index contributed by atoms with van der Waals surface area (Å²) < 4.78 is 0. The van der Waals surface area contributed by atoms with Gasteiger partial charge in [-0.2, -0.15) is 0 Å². The highest BCUT2D eigenvalue weighted by atomic mass is 16.4. The number of aromatic hydroxyl groups is 2. The molecular formula is C21H16O8. The molecule has 8 heteroatoms. The third kappa shape index (κ3) is 5.83. The van der Waals surface area contributed by atoms with E-state index >= 15 is 0 Å². The lowest BCUT2D eigenvalue weighted by atomic mass is 10.1. The lowest BCUT2D eigenvalue weighted by Crippen LogP contribution is -1.97. The maximum atomic E-state index is 11.9. The fourth-order valence-electron chi connectivity index (χ4n) is 2.26. The van der Waals surface area contributed by atoms with Crippen LogP contribution in [0.15, 0.2) is 60.4 Å². The second-order valence-electron chi connectivity index (χ2n) is 5.80. The second-order valence-corrected chi connectivity index (χ2v) is 5.80. The zero-order valence-electron chi connectivity index (χ0n) is 14.8. The van der Waals surface area contributed by atoms with Gasteiger partial charge in [0.15, 0.2) is 5.78 Å². The number of aliphatic hydroxyl groups is 1. The molecule has 2 rings (SSSR count). The molecule has 0 aliphatic heterocycles. The molecule has 0 aliphatic rings. The minimum atomic E-state index is -1.31. The van der Waals surface area contributed by atoms with Crippen LogP contribution in [0.2, 0.25) is 0 Å². The Labute approximate surface area is 164 Å². The van der Waals surface area contributed by atoms with E-state index in [0.29, 0.717) is 11.1 Å². The van der Waals surface area contributed by atoms with Gasteiger partial charge in [-0.05, 0) is 47.5 Å². The topological polar surface area (TPSA) is 152 Å². The molecule has 0 radical (unpaired) electrons. The quantitative estimate of drug-likeness (QED) is 0.272. The third-order valence-electron chi connectivity index (χ3n) is 3.68. The van der Waals surface area contributed by atoms with E-state index in [4.69, 9.17) is 10.2 Å². The fraction of sp³-hybridized carbons (Fsp3) is 0. The number of carbonyl (C=O) groups excluding carboxylic acids is 1. The van der Waals surface area contributed by atoms with Crippen LogP contribution in [0.5, 0.6) is 11.5 Å². The molecule has 0 atom stereocenters. The predicted molar refractivity (Wildman–Crippen MR) is 104 cm³/mol. The van der Waals surface area contributed by atoms with Crippen LogP contribution in [0.3, 0.4) is 0 Å². The molecule has 29 heavy (non-hydrogen) atoms. The number of hydrogen-bond donors (Lipinski definition) is 5. The van der Waals surface area contributed by atoms with E-state index in [0.717, 1.165) is 12.2 Å². The highest BCUT2D eigenvalue weighted by molar-refractivity contribution is 6.02. The number of hydrogen-bond acceptors (Lipinski definition) is 6. The second kappa shape index (κ2) is 9.05. The minimum absolute atomic E-state index is 0.302. The molecule has 2 aromatic carbocycles. The lowest BCUT2D eigenvalue weighted by Gasteiger charge is -2.01. The maximum Gasteiger partial charge on any atom is 0.339 e. The van der Waals surface area contributed by atoms with Crippen molar-refractivity contribution in [3.8, 4) is 11.5 Å². The molecule has 0 fully saturated rings. The minimum Gasteiger partial charge on any atom is -0.508 e. The summed E-state index contributed by atoms with van der Waals surface area (Å²) >= 11 is 0. The maximum absolute atomic E-state index is 11.9. The van der Waals surface area contributed by atoms with E-state index in [-0.39, 0.29) is 11.1 Å². The Hall–Kier alpha value is -4.33. The zero-order chi connectivity index (χ0) is 21.6. The normalized spacial score (nSPS) is 11.8. The van der Waals surface area contributed by atoms with Gasteiger partial charge in [-0.3, -0.25) is 4.79 Å². The number of allylic oxidation sites excluding steroid dienone is 3. The third-order valence-corrected chi connectivity index (χ3v) is 3.68. The standard InChI is InChI=1S/C21H16O8/c22-14(5-1-12-3-7-18(24)16(9-12)20(26)27)11-15(23)6-2-13-4-8-19(25)17(10-13)21(28)29/h1-11,22,24-25H,(H,26,27)(H,28,29)/b5-1+,6-2+,14-11?. The van der Waals surface area contributed by atoms with Crippen LogP contribution in [0.25, 0.3) is 12.2 Å². The smallest absolute Gasteiger partial charge is 0.339 e. The first-order valence-corrected chi connectivity index (χ1v) is 8.11. The average molecular weight is 396 g/mol. The van der Waals surface area contributed by atoms with Crippen LogP contribution in [0.4, 0.5) is 0 Å². The molecule has 0 amide bonds. The summed E-state index contributed by atoms with van der Waals surface area (Å²) in [5, 5.41) is 46.6. The van der Waals surface area contributed by atoms with Crippen molar-refractivity contribution in [3.63, 3.8) is 0 Å². The molecule has 2 aromatic rings. The summed E-state index contributed by atoms with van der Waals surface area (Å²) in [6.07, 6.45) is 5.86. The summed E-state index contributed by atoms with van der Waals surface area (Å²) in [6, 6.07) is 7.62. The first-order valence-electron chi connectivity index (χ1n) is 8.11. The molecule has 0 saturated carbocycles. The van der Waals surface area contributed by atoms with Gasteiger partial charge in [0, 0.05) is 6.08 Å². The van der Waals surface area contributed by atoms with Crippen LogP contribution >= 0.6 is 0 Å². The van der Waals surface area contributed by atoms with Gasteiger partial charge in [0.1, 0.15) is 28.4 Å². The number of aliphatic hydroxyl groups excluding tert-OH is 1. The van der Waals surface area contributed by atoms with Crippen molar-refractivity contribution >= 4 is 29.9 Å². The molecule has 0 bridgehead atoms. The average Bonchev–Trinajstić information content (AvgIpc) is 2.66. The van der Waals surface area contributed by atoms with Crippen LogP contribution in [-0.2, 0) is 4.79 Å². The van der Waals surface area contributed by atoms with Gasteiger partial charge in [0.2, 0.25) is 0 Å². The Bertz CT molecular complexity index is 1060. The summed E-state index contributed by atoms with van der Waals surface area (Å²) in [4.78, 5) is 33.8. The number of carboxylic acid groups (broad SMARTS) is 2. The van der Waals surface area contributed by atoms with Gasteiger partial charge in [-0.25, -0.2) is 9.59 Å². The van der Waals surface area contributed by atoms with Crippen molar-refractivity contribution in [1.82, 2.24) is 0 Å². The summed E-state index contributed by atoms with van der Waals surface area (Å²) in [7, 11) is 0. The predicted octanol–water partition coefficient (Wildman–Crippen LogP) is 3.23. The van der Waals surface area contributed by atoms with Crippen molar-refractivity contribution in [2.45, 2.75) is 0 Å². The number of carboxylic acids is 2. The van der Waals surface area contributed by atoms with Crippen molar-refractivity contribution < 1.29 is 39.9 Å². The van der Waals surface area contributed by atoms with Crippen molar-refractivity contribution in [1.29, 1.82) is 0 Å². The summed E-state index contributed by atoms with van der Waals surface area (Å²) in [5.41, 5.74) is 0.135. The van der Waals surface area contributed by atoms with Gasteiger partial charge < -0.3 is 25.5 Å². The molecule has 0 aliphatic carbocycles. The molecule has 0 saturated heterocycles. The SMILES string of the molecule is O=C(C=C(O)/C=C/c1ccc(O)c(C(=O)O)c1)/C=C/c1ccc(O)c(C(=O)O)c1. The molecular weight excluding hydrogens is 380 g/mol. The first kappa shape index (κ1) is 21.0. The van der Waals surface area contributed by atoms with Gasteiger partial charge in [-0.15, -0.1) is 0 Å². The van der Waals surface area contributed by atoms with E-state index in [9.17, 15) is 29.7 Å². The van der Waals surface area contributed by atoms with Crippen LogP contribution in [-0.4, -0.2) is 43.3 Å². The van der Waals surface area contributed by atoms with Crippen LogP contribution in [0, 0.1) is 0 Å². The molecule has 0 unspecified atom stereocenters. The highest BCUT2D eigenvalue weighted by Crippen LogP contribution is 2.20. The Morgan fingerprint density at radius 2 is 1.14 bits per heavy atom. The van der Waals surface area contributed by atoms with Crippen molar-refractivity contribution in [2.75, 3.05) is 0 Å². The monoisotopic (exact) mass is 396 g/mol. The zero-order valence-corrected chi connectivity index (χ0v) is 14.8. The highest BCUT2D eigenvalue weighted by Gasteiger charge is 2.10. The van der Waals surface area contributed by atoms with E-state index in [1.807, 2.05) is 0 Å². The number of phenols is 2. The van der Waals surface area contributed by atoms with Crippen molar-refractivity contribution in [3.05, 3.63) is 82.6 Å². The van der Waals surface area contributed by atoms with Gasteiger partial charge >= 0.3 is 11.9 Å². The molecule has 0 heterocycles. The lowest BCUT2D eigenvalue weighted by molar-refractivity contribution is -0.110. The Balaban J connectivity index is 2.11. The Kier molecular flexibility index (Phi) is 6.54. The van der Waals surface area contributed by atoms with Gasteiger partial charge in [0.05, 0.1) is 0 Å². The number of benzene rings is 2. The van der Waals surface area contributed by atoms with E-state index in [1.54, 1.807) is 0 Å². The summed E-state index contributed by atoms with van der Waals surface area (Å²) in [5.74, 6) is -4.40. The number of rotatable bonds is 7. The molecule has 148 valence electrons.